The van der Waals surface area contributed by atoms with E-state index in [1.165, 1.54) is 16.5 Å². The molecule has 3 rings (SSSR count). The van der Waals surface area contributed by atoms with Crippen molar-refractivity contribution in [3.63, 3.8) is 0 Å². The van der Waals surface area contributed by atoms with Crippen LogP contribution in [0.5, 0.6) is 0 Å². The summed E-state index contributed by atoms with van der Waals surface area (Å²) in [4.78, 5) is 6.78. The van der Waals surface area contributed by atoms with Gasteiger partial charge in [-0.3, -0.25) is 9.88 Å². The van der Waals surface area contributed by atoms with Gasteiger partial charge in [0.1, 0.15) is 0 Å². The molecule has 2 aromatic carbocycles. The van der Waals surface area contributed by atoms with E-state index < -0.39 is 0 Å². The van der Waals surface area contributed by atoms with Gasteiger partial charge in [0, 0.05) is 30.4 Å². The van der Waals surface area contributed by atoms with Crippen LogP contribution in [0, 0.1) is 0 Å². The zero-order valence-electron chi connectivity index (χ0n) is 12.2. The molecule has 0 fully saturated rings. The standard InChI is InChI=1S/C18H19N3/c1-21(12-14-5-2-9-17(19)11-14)13-16-7-3-6-15-8-4-10-20-18(15)16/h2-11H,12-13,19H2,1H3. The molecule has 0 radical (unpaired) electrons. The summed E-state index contributed by atoms with van der Waals surface area (Å²) in [6.07, 6.45) is 1.85. The summed E-state index contributed by atoms with van der Waals surface area (Å²) >= 11 is 0. The highest BCUT2D eigenvalue weighted by molar-refractivity contribution is 5.81. The van der Waals surface area contributed by atoms with Crippen molar-refractivity contribution in [2.75, 3.05) is 12.8 Å². The van der Waals surface area contributed by atoms with Gasteiger partial charge in [0.25, 0.3) is 0 Å². The second-order valence-corrected chi connectivity index (χ2v) is 5.41. The molecule has 1 aromatic heterocycles. The highest BCUT2D eigenvalue weighted by Gasteiger charge is 2.06. The number of anilines is 1. The number of hydrogen-bond acceptors (Lipinski definition) is 3. The Morgan fingerprint density at radius 3 is 2.67 bits per heavy atom. The van der Waals surface area contributed by atoms with Crippen molar-refractivity contribution in [3.8, 4) is 0 Å². The first kappa shape index (κ1) is 13.6. The summed E-state index contributed by atoms with van der Waals surface area (Å²) in [5.74, 6) is 0. The van der Waals surface area contributed by atoms with Gasteiger partial charge in [0.15, 0.2) is 0 Å². The number of nitrogen functional groups attached to an aromatic ring is 1. The summed E-state index contributed by atoms with van der Waals surface area (Å²) in [5.41, 5.74) is 10.2. The third kappa shape index (κ3) is 3.20. The Labute approximate surface area is 125 Å². The fraction of sp³-hybridized carbons (Fsp3) is 0.167. The first-order valence-electron chi connectivity index (χ1n) is 7.08. The quantitative estimate of drug-likeness (QED) is 0.743. The minimum absolute atomic E-state index is 0.813. The molecule has 0 aliphatic carbocycles. The zero-order chi connectivity index (χ0) is 14.7. The molecule has 0 spiro atoms. The van der Waals surface area contributed by atoms with Gasteiger partial charge < -0.3 is 5.73 Å². The number of rotatable bonds is 4. The van der Waals surface area contributed by atoms with Crippen molar-refractivity contribution in [1.29, 1.82) is 0 Å². The van der Waals surface area contributed by atoms with Crippen LogP contribution in [0.15, 0.2) is 60.8 Å². The van der Waals surface area contributed by atoms with Crippen LogP contribution in [0.4, 0.5) is 5.69 Å². The smallest absolute Gasteiger partial charge is 0.0746 e. The van der Waals surface area contributed by atoms with Crippen LogP contribution in [0.3, 0.4) is 0 Å². The second-order valence-electron chi connectivity index (χ2n) is 5.41. The molecule has 0 unspecified atom stereocenters. The van der Waals surface area contributed by atoms with Gasteiger partial charge in [-0.25, -0.2) is 0 Å². The molecule has 0 aliphatic rings. The molecule has 0 saturated heterocycles. The van der Waals surface area contributed by atoms with E-state index in [9.17, 15) is 0 Å². The molecule has 3 aromatic rings. The molecule has 2 N–H and O–H groups in total. The summed E-state index contributed by atoms with van der Waals surface area (Å²) < 4.78 is 0. The van der Waals surface area contributed by atoms with Crippen molar-refractivity contribution in [2.24, 2.45) is 0 Å². The Balaban J connectivity index is 1.79. The van der Waals surface area contributed by atoms with Crippen LogP contribution in [-0.2, 0) is 13.1 Å². The average Bonchev–Trinajstić information content (AvgIpc) is 2.47. The van der Waals surface area contributed by atoms with E-state index in [1.54, 1.807) is 0 Å². The number of pyridine rings is 1. The highest BCUT2D eigenvalue weighted by Crippen LogP contribution is 2.18. The largest absolute Gasteiger partial charge is 0.399 e. The van der Waals surface area contributed by atoms with Crippen LogP contribution in [0.1, 0.15) is 11.1 Å². The Bertz CT molecular complexity index is 747. The summed E-state index contributed by atoms with van der Waals surface area (Å²) in [5, 5.41) is 1.19. The topological polar surface area (TPSA) is 42.1 Å². The van der Waals surface area contributed by atoms with Crippen LogP contribution in [0.25, 0.3) is 10.9 Å². The SMILES string of the molecule is CN(Cc1cccc(N)c1)Cc1cccc2cccnc12. The predicted molar refractivity (Wildman–Crippen MR) is 87.8 cm³/mol. The van der Waals surface area contributed by atoms with E-state index in [2.05, 4.69) is 47.3 Å². The van der Waals surface area contributed by atoms with Gasteiger partial charge in [-0.15, -0.1) is 0 Å². The number of para-hydroxylation sites is 1. The fourth-order valence-corrected chi connectivity index (χ4v) is 2.64. The maximum Gasteiger partial charge on any atom is 0.0746 e. The molecule has 0 bridgehead atoms. The lowest BCUT2D eigenvalue weighted by molar-refractivity contribution is 0.320. The molecular weight excluding hydrogens is 258 g/mol. The maximum atomic E-state index is 5.83. The monoisotopic (exact) mass is 277 g/mol. The fourth-order valence-electron chi connectivity index (χ4n) is 2.64. The van der Waals surface area contributed by atoms with Crippen LogP contribution in [0.2, 0.25) is 0 Å². The maximum absolute atomic E-state index is 5.83. The summed E-state index contributed by atoms with van der Waals surface area (Å²) in [6.45, 7) is 1.73. The summed E-state index contributed by atoms with van der Waals surface area (Å²) in [6, 6.07) is 18.5. The molecule has 0 atom stereocenters. The molecule has 106 valence electrons. The van der Waals surface area contributed by atoms with Crippen LogP contribution >= 0.6 is 0 Å². The minimum atomic E-state index is 0.813. The lowest BCUT2D eigenvalue weighted by Gasteiger charge is -2.18. The Morgan fingerprint density at radius 1 is 1.00 bits per heavy atom. The Hall–Kier alpha value is -2.39. The number of benzene rings is 2. The molecule has 1 heterocycles. The van der Waals surface area contributed by atoms with Gasteiger partial charge in [-0.1, -0.05) is 36.4 Å². The molecule has 0 aliphatic heterocycles. The minimum Gasteiger partial charge on any atom is -0.399 e. The predicted octanol–water partition coefficient (Wildman–Crippen LogP) is 3.45. The van der Waals surface area contributed by atoms with Crippen LogP contribution < -0.4 is 5.73 Å². The van der Waals surface area contributed by atoms with Crippen molar-refractivity contribution in [2.45, 2.75) is 13.1 Å². The molecule has 21 heavy (non-hydrogen) atoms. The number of hydrogen-bond donors (Lipinski definition) is 1. The third-order valence-corrected chi connectivity index (χ3v) is 3.56. The van der Waals surface area contributed by atoms with E-state index in [1.807, 2.05) is 30.5 Å². The lowest BCUT2D eigenvalue weighted by atomic mass is 10.1. The van der Waals surface area contributed by atoms with Gasteiger partial charge in [0.05, 0.1) is 5.52 Å². The van der Waals surface area contributed by atoms with E-state index >= 15 is 0 Å². The third-order valence-electron chi connectivity index (χ3n) is 3.56. The number of aromatic nitrogens is 1. The first-order valence-corrected chi connectivity index (χ1v) is 7.08. The van der Waals surface area contributed by atoms with Gasteiger partial charge in [-0.05, 0) is 36.4 Å². The van der Waals surface area contributed by atoms with Gasteiger partial charge in [0.2, 0.25) is 0 Å². The molecule has 0 saturated carbocycles. The number of nitrogens with zero attached hydrogens (tertiary/aromatic N) is 2. The van der Waals surface area contributed by atoms with Crippen molar-refractivity contribution < 1.29 is 0 Å². The van der Waals surface area contributed by atoms with E-state index in [0.29, 0.717) is 0 Å². The Morgan fingerprint density at radius 2 is 1.81 bits per heavy atom. The van der Waals surface area contributed by atoms with Crippen molar-refractivity contribution in [1.82, 2.24) is 9.88 Å². The van der Waals surface area contributed by atoms with Crippen molar-refractivity contribution in [3.05, 3.63) is 71.9 Å². The van der Waals surface area contributed by atoms with Crippen molar-refractivity contribution >= 4 is 16.6 Å². The van der Waals surface area contributed by atoms with E-state index in [4.69, 9.17) is 5.73 Å². The average molecular weight is 277 g/mol. The molecular formula is C18H19N3. The second kappa shape index (κ2) is 5.94. The summed E-state index contributed by atoms with van der Waals surface area (Å²) in [7, 11) is 2.12. The normalized spacial score (nSPS) is 11.1. The zero-order valence-corrected chi connectivity index (χ0v) is 12.2. The highest BCUT2D eigenvalue weighted by atomic mass is 15.1. The van der Waals surface area contributed by atoms with Crippen LogP contribution in [-0.4, -0.2) is 16.9 Å². The van der Waals surface area contributed by atoms with E-state index in [0.717, 1.165) is 24.3 Å². The molecule has 0 amide bonds. The van der Waals surface area contributed by atoms with Gasteiger partial charge >= 0.3 is 0 Å². The molecule has 3 heteroatoms. The number of fused-ring (bicyclic) bond motifs is 1. The number of nitrogens with two attached hydrogens (primary N) is 1. The first-order chi connectivity index (χ1) is 10.2. The molecule has 3 nitrogen and oxygen atoms in total. The van der Waals surface area contributed by atoms with E-state index in [-0.39, 0.29) is 0 Å². The lowest BCUT2D eigenvalue weighted by Crippen LogP contribution is -2.17. The van der Waals surface area contributed by atoms with Gasteiger partial charge in [-0.2, -0.15) is 0 Å². The Kier molecular flexibility index (Phi) is 3.84.